The van der Waals surface area contributed by atoms with Crippen LogP contribution in [-0.4, -0.2) is 27.2 Å². The van der Waals surface area contributed by atoms with Crippen molar-refractivity contribution in [2.24, 2.45) is 5.92 Å². The maximum atomic E-state index is 12.2. The van der Waals surface area contributed by atoms with Crippen LogP contribution in [0.25, 0.3) is 0 Å². The number of ether oxygens (including phenoxy) is 1. The fraction of sp³-hybridized carbons (Fsp3) is 0.278. The van der Waals surface area contributed by atoms with Crippen molar-refractivity contribution >= 4 is 21.6 Å². The van der Waals surface area contributed by atoms with Crippen LogP contribution in [0.1, 0.15) is 12.8 Å². The summed E-state index contributed by atoms with van der Waals surface area (Å²) >= 11 is 0. The minimum Gasteiger partial charge on any atom is -0.457 e. The fourth-order valence-corrected chi connectivity index (χ4v) is 4.04. The number of sulfone groups is 1. The number of carbonyl (C=O) groups excluding carboxylic acids is 1. The molecule has 2 aromatic rings. The van der Waals surface area contributed by atoms with Crippen LogP contribution < -0.4 is 15.4 Å². The van der Waals surface area contributed by atoms with Crippen LogP contribution in [-0.2, 0) is 9.84 Å². The highest BCUT2D eigenvalue weighted by Gasteiger charge is 2.28. The first-order chi connectivity index (χ1) is 12.0. The molecule has 25 heavy (non-hydrogen) atoms. The summed E-state index contributed by atoms with van der Waals surface area (Å²) in [7, 11) is -1.67. The Morgan fingerprint density at radius 1 is 1.04 bits per heavy atom. The minimum absolute atomic E-state index is 0.229. The maximum absolute atomic E-state index is 12.2. The number of benzene rings is 2. The zero-order valence-electron chi connectivity index (χ0n) is 13.9. The third kappa shape index (κ3) is 4.73. The summed E-state index contributed by atoms with van der Waals surface area (Å²) < 4.78 is 30.1. The summed E-state index contributed by atoms with van der Waals surface area (Å²) in [6, 6.07) is 13.1. The summed E-state index contributed by atoms with van der Waals surface area (Å²) in [6.07, 6.45) is 2.01. The van der Waals surface area contributed by atoms with Crippen molar-refractivity contribution in [1.82, 2.24) is 5.32 Å². The summed E-state index contributed by atoms with van der Waals surface area (Å²) in [5.74, 6) is 1.70. The van der Waals surface area contributed by atoms with E-state index >= 15 is 0 Å². The van der Waals surface area contributed by atoms with Gasteiger partial charge >= 0.3 is 6.03 Å². The molecule has 2 amide bonds. The topological polar surface area (TPSA) is 84.5 Å². The second-order valence-corrected chi connectivity index (χ2v) is 8.06. The van der Waals surface area contributed by atoms with E-state index in [1.54, 1.807) is 55.6 Å². The smallest absolute Gasteiger partial charge is 0.318 e. The van der Waals surface area contributed by atoms with Crippen LogP contribution in [0.2, 0.25) is 0 Å². The first-order valence-electron chi connectivity index (χ1n) is 8.06. The molecule has 0 atom stereocenters. The molecule has 1 aliphatic carbocycles. The molecule has 1 fully saturated rings. The largest absolute Gasteiger partial charge is 0.457 e. The van der Waals surface area contributed by atoms with Gasteiger partial charge in [-0.05, 0) is 67.3 Å². The fourth-order valence-electron chi connectivity index (χ4n) is 2.34. The number of amides is 2. The SMILES string of the molecule is CNC(=O)Nc1ccc(Oc2ccc(S(=O)(=O)CC3CC3)cc2)cc1. The van der Waals surface area contributed by atoms with E-state index in [1.165, 1.54) is 0 Å². The average Bonchev–Trinajstić information content (AvgIpc) is 3.40. The molecule has 1 saturated carbocycles. The molecule has 0 aromatic heterocycles. The predicted molar refractivity (Wildman–Crippen MR) is 95.8 cm³/mol. The van der Waals surface area contributed by atoms with Crippen LogP contribution in [0, 0.1) is 5.92 Å². The number of rotatable bonds is 6. The first kappa shape index (κ1) is 17.3. The molecule has 0 heterocycles. The Morgan fingerprint density at radius 2 is 1.60 bits per heavy atom. The Balaban J connectivity index is 1.64. The second kappa shape index (κ2) is 7.14. The van der Waals surface area contributed by atoms with Crippen molar-refractivity contribution in [3.05, 3.63) is 48.5 Å². The lowest BCUT2D eigenvalue weighted by Crippen LogP contribution is -2.24. The molecule has 6 nitrogen and oxygen atoms in total. The van der Waals surface area contributed by atoms with Crippen molar-refractivity contribution in [3.8, 4) is 11.5 Å². The number of nitrogens with one attached hydrogen (secondary N) is 2. The van der Waals surface area contributed by atoms with Crippen molar-refractivity contribution in [2.45, 2.75) is 17.7 Å². The molecule has 0 saturated heterocycles. The molecule has 0 unspecified atom stereocenters. The third-order valence-corrected chi connectivity index (χ3v) is 5.81. The normalized spacial score (nSPS) is 14.0. The highest BCUT2D eigenvalue weighted by atomic mass is 32.2. The predicted octanol–water partition coefficient (Wildman–Crippen LogP) is 3.41. The van der Waals surface area contributed by atoms with Crippen molar-refractivity contribution in [2.75, 3.05) is 18.1 Å². The lowest BCUT2D eigenvalue weighted by molar-refractivity contribution is 0.254. The van der Waals surface area contributed by atoms with Gasteiger partial charge in [0.25, 0.3) is 0 Å². The Kier molecular flexibility index (Phi) is 4.94. The van der Waals surface area contributed by atoms with E-state index in [4.69, 9.17) is 4.74 Å². The van der Waals surface area contributed by atoms with Crippen LogP contribution in [0.5, 0.6) is 11.5 Å². The number of anilines is 1. The lowest BCUT2D eigenvalue weighted by Gasteiger charge is -2.09. The van der Waals surface area contributed by atoms with Crippen molar-refractivity contribution in [3.63, 3.8) is 0 Å². The number of hydrogen-bond donors (Lipinski definition) is 2. The van der Waals surface area contributed by atoms with Gasteiger partial charge in [-0.25, -0.2) is 13.2 Å². The summed E-state index contributed by atoms with van der Waals surface area (Å²) in [4.78, 5) is 11.6. The summed E-state index contributed by atoms with van der Waals surface area (Å²) in [5, 5.41) is 5.13. The van der Waals surface area contributed by atoms with E-state index in [1.807, 2.05) is 0 Å². The molecule has 0 radical (unpaired) electrons. The molecule has 2 N–H and O–H groups in total. The molecular formula is C18H20N2O4S. The number of urea groups is 1. The zero-order valence-corrected chi connectivity index (χ0v) is 14.7. The van der Waals surface area contributed by atoms with Crippen LogP contribution >= 0.6 is 0 Å². The van der Waals surface area contributed by atoms with Crippen LogP contribution in [0.4, 0.5) is 10.5 Å². The van der Waals surface area contributed by atoms with Crippen LogP contribution in [0.15, 0.2) is 53.4 Å². The standard InChI is InChI=1S/C18H20N2O4S/c1-19-18(21)20-14-4-6-15(7-5-14)24-16-8-10-17(11-9-16)25(22,23)12-13-2-3-13/h4-11,13H,2-3,12H2,1H3,(H2,19,20,21). The second-order valence-electron chi connectivity index (χ2n) is 6.03. The molecule has 1 aliphatic rings. The van der Waals surface area contributed by atoms with E-state index in [9.17, 15) is 13.2 Å². The molecule has 0 aliphatic heterocycles. The van der Waals surface area contributed by atoms with E-state index in [-0.39, 0.29) is 11.8 Å². The average molecular weight is 360 g/mol. The van der Waals surface area contributed by atoms with Gasteiger partial charge in [0.05, 0.1) is 10.6 Å². The molecular weight excluding hydrogens is 340 g/mol. The highest BCUT2D eigenvalue weighted by Crippen LogP contribution is 2.32. The van der Waals surface area contributed by atoms with Crippen molar-refractivity contribution < 1.29 is 17.9 Å². The minimum atomic E-state index is -3.21. The van der Waals surface area contributed by atoms with E-state index < -0.39 is 9.84 Å². The van der Waals surface area contributed by atoms with Crippen LogP contribution in [0.3, 0.4) is 0 Å². The molecule has 132 valence electrons. The van der Waals surface area contributed by atoms with Gasteiger partial charge in [0, 0.05) is 12.7 Å². The van der Waals surface area contributed by atoms with Gasteiger partial charge < -0.3 is 15.4 Å². The Morgan fingerprint density at radius 3 is 2.12 bits per heavy atom. The molecule has 7 heteroatoms. The van der Waals surface area contributed by atoms with E-state index in [0.29, 0.717) is 28.0 Å². The van der Waals surface area contributed by atoms with Gasteiger partial charge in [0.2, 0.25) is 0 Å². The summed E-state index contributed by atoms with van der Waals surface area (Å²) in [6.45, 7) is 0. The van der Waals surface area contributed by atoms with E-state index in [0.717, 1.165) is 12.8 Å². The number of carbonyl (C=O) groups is 1. The van der Waals surface area contributed by atoms with Gasteiger partial charge in [-0.15, -0.1) is 0 Å². The Hall–Kier alpha value is -2.54. The highest BCUT2D eigenvalue weighted by molar-refractivity contribution is 7.91. The van der Waals surface area contributed by atoms with Gasteiger partial charge in [0.1, 0.15) is 11.5 Å². The molecule has 0 bridgehead atoms. The van der Waals surface area contributed by atoms with E-state index in [2.05, 4.69) is 10.6 Å². The van der Waals surface area contributed by atoms with Gasteiger partial charge in [-0.1, -0.05) is 0 Å². The van der Waals surface area contributed by atoms with Gasteiger partial charge in [0.15, 0.2) is 9.84 Å². The number of hydrogen-bond acceptors (Lipinski definition) is 4. The molecule has 2 aromatic carbocycles. The first-order valence-corrected chi connectivity index (χ1v) is 9.71. The maximum Gasteiger partial charge on any atom is 0.318 e. The quantitative estimate of drug-likeness (QED) is 0.827. The lowest BCUT2D eigenvalue weighted by atomic mass is 10.3. The molecule has 3 rings (SSSR count). The monoisotopic (exact) mass is 360 g/mol. The zero-order chi connectivity index (χ0) is 17.9. The Labute approximate surface area is 147 Å². The Bertz CT molecular complexity index is 842. The third-order valence-electron chi connectivity index (χ3n) is 3.91. The molecule has 0 spiro atoms. The van der Waals surface area contributed by atoms with Gasteiger partial charge in [-0.2, -0.15) is 0 Å². The summed E-state index contributed by atoms with van der Waals surface area (Å²) in [5.41, 5.74) is 0.646. The van der Waals surface area contributed by atoms with Crippen molar-refractivity contribution in [1.29, 1.82) is 0 Å². The van der Waals surface area contributed by atoms with Gasteiger partial charge in [-0.3, -0.25) is 0 Å².